The van der Waals surface area contributed by atoms with Gasteiger partial charge in [0.05, 0.1) is 5.75 Å². The van der Waals surface area contributed by atoms with Crippen LogP contribution in [0.15, 0.2) is 29.4 Å². The predicted molar refractivity (Wildman–Crippen MR) is 89.2 cm³/mol. The van der Waals surface area contributed by atoms with Gasteiger partial charge in [0.1, 0.15) is 0 Å². The summed E-state index contributed by atoms with van der Waals surface area (Å²) < 4.78 is 1.38. The quantitative estimate of drug-likeness (QED) is 0.623. The summed E-state index contributed by atoms with van der Waals surface area (Å²) >= 11 is 7.11. The first-order chi connectivity index (χ1) is 10.5. The van der Waals surface area contributed by atoms with Crippen LogP contribution in [0.3, 0.4) is 0 Å². The van der Waals surface area contributed by atoms with Gasteiger partial charge in [-0.15, -0.1) is 10.2 Å². The molecule has 0 aliphatic carbocycles. The number of nitrogens with two attached hydrogens (primary N) is 1. The lowest BCUT2D eigenvalue weighted by Gasteiger charge is -2.10. The molecular formula is C14H18ClN5OS. The SMILES string of the molecule is CCC(C)NC(=O)CSc1nnc(-c2ccc(Cl)cc2)n1N. The van der Waals surface area contributed by atoms with Crippen molar-refractivity contribution in [3.8, 4) is 11.4 Å². The van der Waals surface area contributed by atoms with Crippen molar-refractivity contribution in [2.45, 2.75) is 31.5 Å². The topological polar surface area (TPSA) is 85.8 Å². The molecule has 22 heavy (non-hydrogen) atoms. The smallest absolute Gasteiger partial charge is 0.230 e. The van der Waals surface area contributed by atoms with Crippen LogP contribution in [0, 0.1) is 0 Å². The molecule has 2 rings (SSSR count). The van der Waals surface area contributed by atoms with Gasteiger partial charge in [0.2, 0.25) is 11.1 Å². The molecule has 0 fully saturated rings. The van der Waals surface area contributed by atoms with E-state index in [4.69, 9.17) is 17.4 Å². The van der Waals surface area contributed by atoms with Gasteiger partial charge in [-0.3, -0.25) is 4.79 Å². The Kier molecular flexibility index (Phi) is 5.68. The second-order valence-corrected chi connectivity index (χ2v) is 6.23. The van der Waals surface area contributed by atoms with Gasteiger partial charge in [-0.1, -0.05) is 30.3 Å². The molecule has 0 saturated carbocycles. The third-order valence-corrected chi connectivity index (χ3v) is 4.31. The molecule has 0 bridgehead atoms. The normalized spacial score (nSPS) is 12.1. The van der Waals surface area contributed by atoms with Crippen LogP contribution in [0.2, 0.25) is 5.02 Å². The molecule has 1 aromatic heterocycles. The van der Waals surface area contributed by atoms with Crippen LogP contribution >= 0.6 is 23.4 Å². The number of carbonyl (C=O) groups excluding carboxylic acids is 1. The van der Waals surface area contributed by atoms with Crippen molar-refractivity contribution >= 4 is 29.3 Å². The first-order valence-corrected chi connectivity index (χ1v) is 8.26. The Morgan fingerprint density at radius 2 is 2.09 bits per heavy atom. The summed E-state index contributed by atoms with van der Waals surface area (Å²) in [7, 11) is 0. The minimum Gasteiger partial charge on any atom is -0.353 e. The van der Waals surface area contributed by atoms with E-state index in [9.17, 15) is 4.79 Å². The zero-order valence-corrected chi connectivity index (χ0v) is 14.0. The number of nitrogens with one attached hydrogen (secondary N) is 1. The molecule has 8 heteroatoms. The molecule has 0 saturated heterocycles. The molecular weight excluding hydrogens is 322 g/mol. The van der Waals surface area contributed by atoms with Gasteiger partial charge in [-0.25, -0.2) is 4.68 Å². The average Bonchev–Trinajstić information content (AvgIpc) is 2.87. The fourth-order valence-corrected chi connectivity index (χ4v) is 2.51. The van der Waals surface area contributed by atoms with Crippen molar-refractivity contribution in [2.24, 2.45) is 0 Å². The lowest BCUT2D eigenvalue weighted by molar-refractivity contribution is -0.119. The number of benzene rings is 1. The highest BCUT2D eigenvalue weighted by molar-refractivity contribution is 7.99. The Morgan fingerprint density at radius 1 is 1.41 bits per heavy atom. The summed E-state index contributed by atoms with van der Waals surface area (Å²) in [5.41, 5.74) is 0.815. The van der Waals surface area contributed by atoms with E-state index in [1.165, 1.54) is 16.4 Å². The van der Waals surface area contributed by atoms with Crippen molar-refractivity contribution in [1.82, 2.24) is 20.2 Å². The predicted octanol–water partition coefficient (Wildman–Crippen LogP) is 2.32. The van der Waals surface area contributed by atoms with Crippen LogP contribution in [0.4, 0.5) is 0 Å². The van der Waals surface area contributed by atoms with Gasteiger partial charge in [0, 0.05) is 16.6 Å². The summed E-state index contributed by atoms with van der Waals surface area (Å²) in [6.07, 6.45) is 0.893. The summed E-state index contributed by atoms with van der Waals surface area (Å²) in [6.45, 7) is 3.99. The molecule has 0 radical (unpaired) electrons. The summed E-state index contributed by atoms with van der Waals surface area (Å²) in [4.78, 5) is 11.8. The van der Waals surface area contributed by atoms with E-state index in [1.54, 1.807) is 12.1 Å². The number of hydrogen-bond donors (Lipinski definition) is 2. The standard InChI is InChI=1S/C14H18ClN5OS/c1-3-9(2)17-12(21)8-22-14-19-18-13(20(14)16)10-4-6-11(15)7-5-10/h4-7,9H,3,8,16H2,1-2H3,(H,17,21). The molecule has 0 aliphatic heterocycles. The lowest BCUT2D eigenvalue weighted by atomic mass is 10.2. The number of nitrogens with zero attached hydrogens (tertiary/aromatic N) is 3. The van der Waals surface area contributed by atoms with E-state index in [1.807, 2.05) is 26.0 Å². The fraction of sp³-hybridized carbons (Fsp3) is 0.357. The Morgan fingerprint density at radius 3 is 2.73 bits per heavy atom. The Bertz CT molecular complexity index is 643. The Balaban J connectivity index is 2.02. The number of thioether (sulfide) groups is 1. The first-order valence-electron chi connectivity index (χ1n) is 6.89. The number of aromatic nitrogens is 3. The van der Waals surface area contributed by atoms with Gasteiger partial charge in [-0.05, 0) is 37.6 Å². The zero-order chi connectivity index (χ0) is 16.1. The maximum Gasteiger partial charge on any atom is 0.230 e. The zero-order valence-electron chi connectivity index (χ0n) is 12.4. The third kappa shape index (κ3) is 4.14. The molecule has 118 valence electrons. The van der Waals surface area contributed by atoms with Crippen molar-refractivity contribution < 1.29 is 4.79 Å². The van der Waals surface area contributed by atoms with Crippen LogP contribution in [0.5, 0.6) is 0 Å². The van der Waals surface area contributed by atoms with Crippen LogP contribution in [-0.4, -0.2) is 32.6 Å². The second kappa shape index (κ2) is 7.51. The van der Waals surface area contributed by atoms with E-state index in [0.29, 0.717) is 16.0 Å². The maximum atomic E-state index is 11.8. The van der Waals surface area contributed by atoms with Gasteiger partial charge < -0.3 is 11.2 Å². The Labute approximate surface area is 138 Å². The highest BCUT2D eigenvalue weighted by Crippen LogP contribution is 2.22. The molecule has 1 atom stereocenters. The summed E-state index contributed by atoms with van der Waals surface area (Å²) in [6, 6.07) is 7.32. The molecule has 0 aliphatic rings. The fourth-order valence-electron chi connectivity index (χ4n) is 1.72. The number of halogens is 1. The number of amides is 1. The molecule has 0 spiro atoms. The van der Waals surface area contributed by atoms with E-state index >= 15 is 0 Å². The van der Waals surface area contributed by atoms with Crippen LogP contribution in [0.25, 0.3) is 11.4 Å². The minimum absolute atomic E-state index is 0.0459. The van der Waals surface area contributed by atoms with E-state index in [2.05, 4.69) is 15.5 Å². The molecule has 3 N–H and O–H groups in total. The summed E-state index contributed by atoms with van der Waals surface area (Å²) in [5.74, 6) is 6.73. The van der Waals surface area contributed by atoms with Crippen molar-refractivity contribution in [3.05, 3.63) is 29.3 Å². The molecule has 1 amide bonds. The number of hydrogen-bond acceptors (Lipinski definition) is 5. The molecule has 1 aromatic carbocycles. The maximum absolute atomic E-state index is 11.8. The molecule has 2 aromatic rings. The highest BCUT2D eigenvalue weighted by Gasteiger charge is 2.14. The van der Waals surface area contributed by atoms with Crippen LogP contribution in [-0.2, 0) is 4.79 Å². The van der Waals surface area contributed by atoms with Crippen molar-refractivity contribution in [2.75, 3.05) is 11.6 Å². The minimum atomic E-state index is -0.0459. The number of rotatable bonds is 6. The van der Waals surface area contributed by atoms with Gasteiger partial charge >= 0.3 is 0 Å². The molecule has 6 nitrogen and oxygen atoms in total. The van der Waals surface area contributed by atoms with Crippen molar-refractivity contribution in [1.29, 1.82) is 0 Å². The monoisotopic (exact) mass is 339 g/mol. The Hall–Kier alpha value is -1.73. The van der Waals surface area contributed by atoms with Crippen LogP contribution in [0.1, 0.15) is 20.3 Å². The van der Waals surface area contributed by atoms with Crippen molar-refractivity contribution in [3.63, 3.8) is 0 Å². The van der Waals surface area contributed by atoms with E-state index in [-0.39, 0.29) is 17.7 Å². The van der Waals surface area contributed by atoms with Gasteiger partial charge in [-0.2, -0.15) is 0 Å². The molecule has 1 unspecified atom stereocenters. The number of nitrogen functional groups attached to an aromatic ring is 1. The van der Waals surface area contributed by atoms with E-state index < -0.39 is 0 Å². The number of carbonyl (C=O) groups is 1. The lowest BCUT2D eigenvalue weighted by Crippen LogP contribution is -2.33. The highest BCUT2D eigenvalue weighted by atomic mass is 35.5. The second-order valence-electron chi connectivity index (χ2n) is 4.85. The summed E-state index contributed by atoms with van der Waals surface area (Å²) in [5, 5.41) is 12.1. The largest absolute Gasteiger partial charge is 0.353 e. The average molecular weight is 340 g/mol. The molecule has 1 heterocycles. The van der Waals surface area contributed by atoms with Gasteiger partial charge in [0.15, 0.2) is 5.82 Å². The third-order valence-electron chi connectivity index (χ3n) is 3.12. The van der Waals surface area contributed by atoms with Crippen LogP contribution < -0.4 is 11.2 Å². The van der Waals surface area contributed by atoms with Gasteiger partial charge in [0.25, 0.3) is 0 Å². The first kappa shape index (κ1) is 16.6. The van der Waals surface area contributed by atoms with E-state index in [0.717, 1.165) is 12.0 Å².